The van der Waals surface area contributed by atoms with Crippen molar-refractivity contribution in [3.63, 3.8) is 0 Å². The van der Waals surface area contributed by atoms with Gasteiger partial charge in [0, 0.05) is 23.2 Å². The van der Waals surface area contributed by atoms with Gasteiger partial charge in [-0.1, -0.05) is 24.3 Å². The number of rotatable bonds is 5. The minimum Gasteiger partial charge on any atom is -0.290 e. The van der Waals surface area contributed by atoms with E-state index >= 15 is 0 Å². The van der Waals surface area contributed by atoms with Gasteiger partial charge in [0.25, 0.3) is 0 Å². The van der Waals surface area contributed by atoms with Crippen molar-refractivity contribution in [1.82, 2.24) is 14.5 Å². The summed E-state index contributed by atoms with van der Waals surface area (Å²) in [6.07, 6.45) is 0.931. The van der Waals surface area contributed by atoms with E-state index in [0.717, 1.165) is 54.8 Å². The van der Waals surface area contributed by atoms with E-state index < -0.39 is 11.7 Å². The molecule has 0 amide bonds. The Balaban J connectivity index is 1.62. The normalized spacial score (nSPS) is 13.8. The SMILES string of the molecule is O=c1nc(SCc2cccc(C(F)(F)F)c2)c2c(n1Cc1ccccn1)CCCC2. The summed E-state index contributed by atoms with van der Waals surface area (Å²) in [5.41, 5.74) is 2.35. The smallest absolute Gasteiger partial charge is 0.290 e. The molecule has 0 spiro atoms. The molecule has 0 N–H and O–H groups in total. The summed E-state index contributed by atoms with van der Waals surface area (Å²) >= 11 is 1.33. The molecular weight excluding hydrogens is 411 g/mol. The van der Waals surface area contributed by atoms with E-state index in [4.69, 9.17) is 0 Å². The number of thioether (sulfide) groups is 1. The third kappa shape index (κ3) is 4.59. The van der Waals surface area contributed by atoms with E-state index in [1.807, 2.05) is 18.2 Å². The Morgan fingerprint density at radius 2 is 1.90 bits per heavy atom. The zero-order valence-corrected chi connectivity index (χ0v) is 17.0. The van der Waals surface area contributed by atoms with Gasteiger partial charge in [-0.2, -0.15) is 18.2 Å². The zero-order chi connectivity index (χ0) is 21.1. The van der Waals surface area contributed by atoms with Crippen LogP contribution in [0.2, 0.25) is 0 Å². The number of pyridine rings is 1. The van der Waals surface area contributed by atoms with Gasteiger partial charge in [-0.05, 0) is 49.4 Å². The Kier molecular flexibility index (Phi) is 5.94. The molecule has 0 saturated carbocycles. The summed E-state index contributed by atoms with van der Waals surface area (Å²) in [5, 5.41) is 0.629. The first kappa shape index (κ1) is 20.7. The number of fused-ring (bicyclic) bond motifs is 1. The average Bonchev–Trinajstić information content (AvgIpc) is 2.75. The topological polar surface area (TPSA) is 47.8 Å². The Hall–Kier alpha value is -2.61. The molecule has 3 aromatic rings. The number of alkyl halides is 3. The molecule has 0 radical (unpaired) electrons. The second-order valence-corrected chi connectivity index (χ2v) is 8.19. The molecule has 4 rings (SSSR count). The number of hydrogen-bond acceptors (Lipinski definition) is 4. The van der Waals surface area contributed by atoms with Crippen LogP contribution in [0.3, 0.4) is 0 Å². The van der Waals surface area contributed by atoms with Gasteiger partial charge >= 0.3 is 11.9 Å². The highest BCUT2D eigenvalue weighted by Crippen LogP contribution is 2.33. The van der Waals surface area contributed by atoms with Crippen LogP contribution in [-0.4, -0.2) is 14.5 Å². The molecule has 0 saturated heterocycles. The first-order valence-electron chi connectivity index (χ1n) is 9.73. The number of halogens is 3. The van der Waals surface area contributed by atoms with Gasteiger partial charge in [0.05, 0.1) is 17.8 Å². The Morgan fingerprint density at radius 1 is 1.07 bits per heavy atom. The lowest BCUT2D eigenvalue weighted by atomic mass is 9.97. The summed E-state index contributed by atoms with van der Waals surface area (Å²) in [7, 11) is 0. The van der Waals surface area contributed by atoms with E-state index in [0.29, 0.717) is 22.9 Å². The number of benzene rings is 1. The van der Waals surface area contributed by atoms with Crippen molar-refractivity contribution in [1.29, 1.82) is 0 Å². The second kappa shape index (κ2) is 8.63. The van der Waals surface area contributed by atoms with E-state index in [1.54, 1.807) is 16.8 Å². The highest BCUT2D eigenvalue weighted by molar-refractivity contribution is 7.98. The third-order valence-corrected chi connectivity index (χ3v) is 6.22. The van der Waals surface area contributed by atoms with Gasteiger partial charge in [0.1, 0.15) is 5.03 Å². The van der Waals surface area contributed by atoms with Crippen molar-refractivity contribution in [3.05, 3.63) is 87.2 Å². The fourth-order valence-corrected chi connectivity index (χ4v) is 4.69. The van der Waals surface area contributed by atoms with Crippen LogP contribution in [0.4, 0.5) is 13.2 Å². The molecule has 0 fully saturated rings. The van der Waals surface area contributed by atoms with Crippen molar-refractivity contribution in [2.45, 2.75) is 49.2 Å². The zero-order valence-electron chi connectivity index (χ0n) is 16.2. The minimum atomic E-state index is -4.37. The lowest BCUT2D eigenvalue weighted by Crippen LogP contribution is -2.30. The van der Waals surface area contributed by atoms with E-state index in [2.05, 4.69) is 9.97 Å². The molecule has 1 aromatic carbocycles. The van der Waals surface area contributed by atoms with Gasteiger partial charge in [-0.25, -0.2) is 4.79 Å². The molecule has 0 unspecified atom stereocenters. The standard InChI is InChI=1S/C22H20F3N3OS/c23-22(24,25)16-7-5-6-15(12-16)14-30-20-18-9-1-2-10-19(18)28(21(29)27-20)13-17-8-3-4-11-26-17/h3-8,11-12H,1-2,9-10,13-14H2. The molecule has 0 aliphatic heterocycles. The minimum absolute atomic E-state index is 0.326. The quantitative estimate of drug-likeness (QED) is 0.427. The van der Waals surface area contributed by atoms with Crippen LogP contribution in [0.25, 0.3) is 0 Å². The molecular formula is C22H20F3N3OS. The van der Waals surface area contributed by atoms with Crippen molar-refractivity contribution in [2.24, 2.45) is 0 Å². The van der Waals surface area contributed by atoms with Crippen molar-refractivity contribution >= 4 is 11.8 Å². The Bertz CT molecular complexity index is 1100. The maximum atomic E-state index is 13.0. The third-order valence-electron chi connectivity index (χ3n) is 5.13. The maximum absolute atomic E-state index is 13.0. The number of aromatic nitrogens is 3. The summed E-state index contributed by atoms with van der Waals surface area (Å²) in [6.45, 7) is 0.369. The second-order valence-electron chi connectivity index (χ2n) is 7.23. The largest absolute Gasteiger partial charge is 0.416 e. The molecule has 156 valence electrons. The summed E-state index contributed by atoms with van der Waals surface area (Å²) in [4.78, 5) is 21.4. The Morgan fingerprint density at radius 3 is 2.67 bits per heavy atom. The van der Waals surface area contributed by atoms with Crippen LogP contribution in [-0.2, 0) is 31.3 Å². The fraction of sp³-hybridized carbons (Fsp3) is 0.318. The molecule has 1 aliphatic rings. The molecule has 1 aliphatic carbocycles. The van der Waals surface area contributed by atoms with Crippen LogP contribution in [0.15, 0.2) is 58.5 Å². The maximum Gasteiger partial charge on any atom is 0.416 e. The number of hydrogen-bond donors (Lipinski definition) is 0. The Labute approximate surface area is 176 Å². The molecule has 2 aromatic heterocycles. The van der Waals surface area contributed by atoms with Gasteiger partial charge < -0.3 is 0 Å². The first-order valence-corrected chi connectivity index (χ1v) is 10.7. The van der Waals surface area contributed by atoms with Crippen LogP contribution in [0, 0.1) is 0 Å². The fourth-order valence-electron chi connectivity index (χ4n) is 3.67. The van der Waals surface area contributed by atoms with Gasteiger partial charge in [-0.15, -0.1) is 11.8 Å². The lowest BCUT2D eigenvalue weighted by molar-refractivity contribution is -0.137. The number of nitrogens with zero attached hydrogens (tertiary/aromatic N) is 3. The summed E-state index contributed by atoms with van der Waals surface area (Å²) in [5.74, 6) is 0.326. The summed E-state index contributed by atoms with van der Waals surface area (Å²) in [6, 6.07) is 10.9. The molecule has 2 heterocycles. The predicted octanol–water partition coefficient (Wildman–Crippen LogP) is 4.88. The highest BCUT2D eigenvalue weighted by Gasteiger charge is 2.30. The van der Waals surface area contributed by atoms with Crippen LogP contribution in [0.5, 0.6) is 0 Å². The predicted molar refractivity (Wildman–Crippen MR) is 109 cm³/mol. The van der Waals surface area contributed by atoms with E-state index in [-0.39, 0.29) is 5.69 Å². The molecule has 4 nitrogen and oxygen atoms in total. The molecule has 0 bridgehead atoms. The average molecular weight is 431 g/mol. The highest BCUT2D eigenvalue weighted by atomic mass is 32.2. The summed E-state index contributed by atoms with van der Waals surface area (Å²) < 4.78 is 40.6. The van der Waals surface area contributed by atoms with Crippen LogP contribution >= 0.6 is 11.8 Å². The van der Waals surface area contributed by atoms with Gasteiger partial charge in [-0.3, -0.25) is 9.55 Å². The van der Waals surface area contributed by atoms with Crippen molar-refractivity contribution in [2.75, 3.05) is 0 Å². The van der Waals surface area contributed by atoms with Gasteiger partial charge in [0.2, 0.25) is 0 Å². The molecule has 0 atom stereocenters. The monoisotopic (exact) mass is 431 g/mol. The van der Waals surface area contributed by atoms with Crippen LogP contribution in [0.1, 0.15) is 40.9 Å². The van der Waals surface area contributed by atoms with E-state index in [1.165, 1.54) is 17.8 Å². The van der Waals surface area contributed by atoms with Crippen molar-refractivity contribution < 1.29 is 13.2 Å². The first-order chi connectivity index (χ1) is 14.4. The van der Waals surface area contributed by atoms with E-state index in [9.17, 15) is 18.0 Å². The molecule has 30 heavy (non-hydrogen) atoms. The lowest BCUT2D eigenvalue weighted by Gasteiger charge is -2.22. The molecule has 8 heteroatoms. The van der Waals surface area contributed by atoms with Crippen LogP contribution < -0.4 is 5.69 Å². The van der Waals surface area contributed by atoms with Crippen molar-refractivity contribution in [3.8, 4) is 0 Å². The van der Waals surface area contributed by atoms with Gasteiger partial charge in [0.15, 0.2) is 0 Å².